The number of anilines is 1. The smallest absolute Gasteiger partial charge is 0.311 e. The second kappa shape index (κ2) is 6.78. The largest absolute Gasteiger partial charge is 0.484 e. The van der Waals surface area contributed by atoms with Gasteiger partial charge in [0.25, 0.3) is 0 Å². The van der Waals surface area contributed by atoms with E-state index in [0.717, 1.165) is 14.9 Å². The molecule has 0 bridgehead atoms. The van der Waals surface area contributed by atoms with Crippen LogP contribution in [-0.4, -0.2) is 11.0 Å². The van der Waals surface area contributed by atoms with Gasteiger partial charge in [-0.15, -0.1) is 11.3 Å². The Hall–Kier alpha value is -1.79. The topological polar surface area (TPSA) is 64.4 Å². The molecule has 2 rings (SSSR count). The zero-order valence-electron chi connectivity index (χ0n) is 11.6. The molecule has 0 fully saturated rings. The molecule has 0 aliphatic heterocycles. The second-order valence-electron chi connectivity index (χ2n) is 4.67. The van der Waals surface area contributed by atoms with Crippen molar-refractivity contribution in [2.24, 2.45) is 0 Å². The van der Waals surface area contributed by atoms with E-state index < -0.39 is 4.92 Å². The molecule has 21 heavy (non-hydrogen) atoms. The normalized spacial score (nSPS) is 10.7. The van der Waals surface area contributed by atoms with Crippen molar-refractivity contribution in [2.75, 3.05) is 5.32 Å². The molecule has 0 aliphatic rings. The molecule has 1 aromatic carbocycles. The molecule has 5 nitrogen and oxygen atoms in total. The maximum atomic E-state index is 11.0. The Balaban J connectivity index is 2.14. The molecule has 0 unspecified atom stereocenters. The highest BCUT2D eigenvalue weighted by molar-refractivity contribution is 7.16. The van der Waals surface area contributed by atoms with Crippen LogP contribution in [0.5, 0.6) is 5.75 Å². The summed E-state index contributed by atoms with van der Waals surface area (Å²) in [7, 11) is 0. The maximum absolute atomic E-state index is 11.0. The van der Waals surface area contributed by atoms with Crippen molar-refractivity contribution in [3.63, 3.8) is 0 Å². The summed E-state index contributed by atoms with van der Waals surface area (Å²) < 4.78 is 6.24. The number of ether oxygens (including phenoxy) is 1. The quantitative estimate of drug-likeness (QED) is 0.616. The van der Waals surface area contributed by atoms with Gasteiger partial charge < -0.3 is 10.1 Å². The number of nitrogens with zero attached hydrogens (tertiary/aromatic N) is 1. The number of hydrogen-bond donors (Lipinski definition) is 1. The van der Waals surface area contributed by atoms with Gasteiger partial charge in [-0.05, 0) is 32.0 Å². The van der Waals surface area contributed by atoms with Crippen molar-refractivity contribution in [3.05, 3.63) is 49.7 Å². The van der Waals surface area contributed by atoms with Gasteiger partial charge in [-0.3, -0.25) is 10.1 Å². The van der Waals surface area contributed by atoms with E-state index in [2.05, 4.69) is 5.32 Å². The van der Waals surface area contributed by atoms with Crippen LogP contribution < -0.4 is 10.1 Å². The third kappa shape index (κ3) is 4.34. The molecular weight excluding hydrogens is 312 g/mol. The first-order valence-electron chi connectivity index (χ1n) is 6.39. The van der Waals surface area contributed by atoms with Gasteiger partial charge in [0.2, 0.25) is 0 Å². The van der Waals surface area contributed by atoms with Crippen LogP contribution in [0.1, 0.15) is 18.7 Å². The number of nitro groups is 1. The summed E-state index contributed by atoms with van der Waals surface area (Å²) in [5.41, 5.74) is 0.731. The van der Waals surface area contributed by atoms with Crippen molar-refractivity contribution < 1.29 is 9.66 Å². The molecule has 0 saturated heterocycles. The summed E-state index contributed by atoms with van der Waals surface area (Å²) in [6.45, 7) is 4.27. The van der Waals surface area contributed by atoms with Crippen molar-refractivity contribution in [3.8, 4) is 5.75 Å². The first-order chi connectivity index (χ1) is 9.95. The highest BCUT2D eigenvalue weighted by Crippen LogP contribution is 2.31. The minimum absolute atomic E-state index is 0.0339. The Labute approximate surface area is 131 Å². The highest BCUT2D eigenvalue weighted by atomic mass is 35.5. The van der Waals surface area contributed by atoms with E-state index >= 15 is 0 Å². The number of benzene rings is 1. The molecule has 0 radical (unpaired) electrons. The van der Waals surface area contributed by atoms with Gasteiger partial charge in [-0.25, -0.2) is 0 Å². The zero-order chi connectivity index (χ0) is 15.4. The lowest BCUT2D eigenvalue weighted by Crippen LogP contribution is -2.08. The van der Waals surface area contributed by atoms with E-state index in [1.807, 2.05) is 26.0 Å². The average molecular weight is 327 g/mol. The zero-order valence-corrected chi connectivity index (χ0v) is 13.2. The molecule has 1 N–H and O–H groups in total. The van der Waals surface area contributed by atoms with Crippen molar-refractivity contribution in [1.29, 1.82) is 0 Å². The first kappa shape index (κ1) is 15.6. The average Bonchev–Trinajstić information content (AvgIpc) is 2.81. The molecule has 7 heteroatoms. The lowest BCUT2D eigenvalue weighted by atomic mass is 10.2. The van der Waals surface area contributed by atoms with Gasteiger partial charge in [-0.2, -0.15) is 0 Å². The van der Waals surface area contributed by atoms with Gasteiger partial charge >= 0.3 is 5.69 Å². The molecule has 1 heterocycles. The van der Waals surface area contributed by atoms with Gasteiger partial charge in [0.1, 0.15) is 0 Å². The van der Waals surface area contributed by atoms with Crippen LogP contribution in [0.4, 0.5) is 11.4 Å². The minimum Gasteiger partial charge on any atom is -0.484 e. The van der Waals surface area contributed by atoms with E-state index in [9.17, 15) is 10.1 Å². The van der Waals surface area contributed by atoms with Crippen LogP contribution in [0.3, 0.4) is 0 Å². The Morgan fingerprint density at radius 1 is 1.38 bits per heavy atom. The predicted octanol–water partition coefficient (Wildman–Crippen LogP) is 4.71. The Bertz CT molecular complexity index is 643. The molecule has 112 valence electrons. The van der Waals surface area contributed by atoms with Crippen molar-refractivity contribution in [1.82, 2.24) is 0 Å². The molecule has 0 aliphatic carbocycles. The monoisotopic (exact) mass is 326 g/mol. The van der Waals surface area contributed by atoms with E-state index in [1.165, 1.54) is 17.4 Å². The van der Waals surface area contributed by atoms with E-state index in [4.69, 9.17) is 16.3 Å². The number of rotatable bonds is 6. The van der Waals surface area contributed by atoms with Gasteiger partial charge in [0.05, 0.1) is 15.4 Å². The van der Waals surface area contributed by atoms with Crippen molar-refractivity contribution >= 4 is 34.3 Å². The van der Waals surface area contributed by atoms with E-state index in [1.54, 1.807) is 12.1 Å². The maximum Gasteiger partial charge on any atom is 0.311 e. The third-order valence-corrected chi connectivity index (χ3v) is 3.85. The summed E-state index contributed by atoms with van der Waals surface area (Å²) >= 11 is 7.37. The Kier molecular flexibility index (Phi) is 5.03. The van der Waals surface area contributed by atoms with Crippen LogP contribution in [0.2, 0.25) is 4.34 Å². The molecule has 1 aromatic heterocycles. The summed E-state index contributed by atoms with van der Waals surface area (Å²) in [4.78, 5) is 11.6. The summed E-state index contributed by atoms with van der Waals surface area (Å²) in [6.07, 6.45) is -0.130. The number of halogens is 1. The van der Waals surface area contributed by atoms with Crippen LogP contribution in [0.25, 0.3) is 0 Å². The Morgan fingerprint density at radius 3 is 2.71 bits per heavy atom. The van der Waals surface area contributed by atoms with Crippen molar-refractivity contribution in [2.45, 2.75) is 26.5 Å². The standard InChI is InChI=1S/C14H15ClN2O3S/c1-9(2)20-13-7-10(3-5-12(13)17(18)19)16-8-11-4-6-14(15)21-11/h3-7,9,16H,8H2,1-2H3. The molecule has 0 spiro atoms. The molecule has 0 amide bonds. The minimum atomic E-state index is -0.444. The summed E-state index contributed by atoms with van der Waals surface area (Å²) in [5, 5.41) is 14.2. The van der Waals surface area contributed by atoms with Gasteiger partial charge in [0.15, 0.2) is 5.75 Å². The number of hydrogen-bond acceptors (Lipinski definition) is 5. The van der Waals surface area contributed by atoms with E-state index in [0.29, 0.717) is 6.54 Å². The van der Waals surface area contributed by atoms with Crippen LogP contribution in [-0.2, 0) is 6.54 Å². The fraction of sp³-hybridized carbons (Fsp3) is 0.286. The van der Waals surface area contributed by atoms with Crippen LogP contribution >= 0.6 is 22.9 Å². The number of nitrogens with one attached hydrogen (secondary N) is 1. The second-order valence-corrected chi connectivity index (χ2v) is 6.47. The molecular formula is C14H15ClN2O3S. The van der Waals surface area contributed by atoms with Gasteiger partial charge in [0, 0.05) is 29.2 Å². The lowest BCUT2D eigenvalue weighted by molar-refractivity contribution is -0.386. The molecule has 2 aromatic rings. The SMILES string of the molecule is CC(C)Oc1cc(NCc2ccc(Cl)s2)ccc1[N+](=O)[O-]. The first-order valence-corrected chi connectivity index (χ1v) is 7.58. The lowest BCUT2D eigenvalue weighted by Gasteiger charge is -2.12. The fourth-order valence-corrected chi connectivity index (χ4v) is 2.79. The summed E-state index contributed by atoms with van der Waals surface area (Å²) in [6, 6.07) is 8.54. The Morgan fingerprint density at radius 2 is 2.14 bits per heavy atom. The predicted molar refractivity (Wildman–Crippen MR) is 85.5 cm³/mol. The van der Waals surface area contributed by atoms with Gasteiger partial charge in [-0.1, -0.05) is 11.6 Å². The summed E-state index contributed by atoms with van der Waals surface area (Å²) in [5.74, 6) is 0.268. The molecule has 0 atom stereocenters. The number of nitro benzene ring substituents is 1. The van der Waals surface area contributed by atoms with Crippen LogP contribution in [0.15, 0.2) is 30.3 Å². The third-order valence-electron chi connectivity index (χ3n) is 2.61. The molecule has 0 saturated carbocycles. The highest BCUT2D eigenvalue weighted by Gasteiger charge is 2.16. The number of thiophene rings is 1. The van der Waals surface area contributed by atoms with Crippen LogP contribution in [0, 0.1) is 10.1 Å². The van der Waals surface area contributed by atoms with E-state index in [-0.39, 0.29) is 17.5 Å². The fourth-order valence-electron chi connectivity index (χ4n) is 1.76.